The van der Waals surface area contributed by atoms with Gasteiger partial charge in [0.25, 0.3) is 5.91 Å². The Hall–Kier alpha value is -1.99. The van der Waals surface area contributed by atoms with E-state index in [1.165, 1.54) is 0 Å². The first-order valence-corrected chi connectivity index (χ1v) is 7.53. The van der Waals surface area contributed by atoms with Crippen LogP contribution in [0, 0.1) is 6.92 Å². The minimum atomic E-state index is -0.275. The summed E-state index contributed by atoms with van der Waals surface area (Å²) in [6, 6.07) is 8.99. The molecule has 0 aliphatic rings. The van der Waals surface area contributed by atoms with Gasteiger partial charge in [-0.25, -0.2) is 9.97 Å². The molecular formula is C15H17BrN4O2. The van der Waals surface area contributed by atoms with Crippen molar-refractivity contribution in [2.24, 2.45) is 0 Å². The fourth-order valence-corrected chi connectivity index (χ4v) is 2.02. The zero-order valence-corrected chi connectivity index (χ0v) is 14.0. The summed E-state index contributed by atoms with van der Waals surface area (Å²) in [5.41, 5.74) is 1.74. The van der Waals surface area contributed by atoms with Crippen molar-refractivity contribution in [3.8, 4) is 0 Å². The van der Waals surface area contributed by atoms with Gasteiger partial charge in [0.15, 0.2) is 0 Å². The maximum atomic E-state index is 12.3. The average molecular weight is 365 g/mol. The molecule has 0 bridgehead atoms. The van der Waals surface area contributed by atoms with Crippen LogP contribution in [0.25, 0.3) is 0 Å². The molecule has 6 nitrogen and oxygen atoms in total. The first-order valence-electron chi connectivity index (χ1n) is 6.74. The van der Waals surface area contributed by atoms with Gasteiger partial charge in [-0.3, -0.25) is 4.79 Å². The van der Waals surface area contributed by atoms with E-state index in [1.807, 2.05) is 31.2 Å². The van der Waals surface area contributed by atoms with Crippen LogP contribution >= 0.6 is 15.9 Å². The van der Waals surface area contributed by atoms with Crippen LogP contribution in [0.4, 0.5) is 11.6 Å². The molecule has 0 atom stereocenters. The topological polar surface area (TPSA) is 76.1 Å². The second-order valence-electron chi connectivity index (χ2n) is 4.60. The van der Waals surface area contributed by atoms with Gasteiger partial charge in [0, 0.05) is 29.5 Å². The Bertz CT molecular complexity index is 646. The summed E-state index contributed by atoms with van der Waals surface area (Å²) >= 11 is 3.35. The van der Waals surface area contributed by atoms with Gasteiger partial charge in [-0.15, -0.1) is 0 Å². The molecule has 1 aromatic carbocycles. The van der Waals surface area contributed by atoms with E-state index in [-0.39, 0.29) is 5.91 Å². The Morgan fingerprint density at radius 3 is 2.68 bits per heavy atom. The van der Waals surface area contributed by atoms with E-state index in [9.17, 15) is 4.79 Å². The monoisotopic (exact) mass is 364 g/mol. The molecule has 0 aliphatic heterocycles. The highest BCUT2D eigenvalue weighted by atomic mass is 79.9. The van der Waals surface area contributed by atoms with E-state index < -0.39 is 0 Å². The molecule has 2 aromatic rings. The van der Waals surface area contributed by atoms with Gasteiger partial charge in [0.05, 0.1) is 6.61 Å². The Morgan fingerprint density at radius 2 is 2.00 bits per heavy atom. The summed E-state index contributed by atoms with van der Waals surface area (Å²) in [6.45, 7) is 2.94. The molecule has 1 amide bonds. The summed E-state index contributed by atoms with van der Waals surface area (Å²) in [7, 11) is 1.62. The Balaban J connectivity index is 2.09. The number of aryl methyl sites for hydroxylation is 1. The summed E-state index contributed by atoms with van der Waals surface area (Å²) in [6.07, 6.45) is 0. The molecule has 0 aliphatic carbocycles. The first kappa shape index (κ1) is 16.4. The maximum Gasteiger partial charge on any atom is 0.274 e. The molecule has 0 unspecified atom stereocenters. The molecule has 0 spiro atoms. The molecular weight excluding hydrogens is 348 g/mol. The molecule has 0 fully saturated rings. The SMILES string of the molecule is COCCNc1nc(C)cc(C(=O)Nc2ccc(Br)cc2)n1. The third kappa shape index (κ3) is 4.78. The smallest absolute Gasteiger partial charge is 0.274 e. The number of carbonyl (C=O) groups is 1. The molecule has 1 heterocycles. The highest BCUT2D eigenvalue weighted by Crippen LogP contribution is 2.15. The number of methoxy groups -OCH3 is 1. The molecule has 1 aromatic heterocycles. The highest BCUT2D eigenvalue weighted by Gasteiger charge is 2.11. The minimum absolute atomic E-state index is 0.275. The van der Waals surface area contributed by atoms with Gasteiger partial charge in [0.1, 0.15) is 5.69 Å². The number of ether oxygens (including phenoxy) is 1. The standard InChI is InChI=1S/C15H17BrN4O2/c1-10-9-13(20-15(18-10)17-7-8-22-2)14(21)19-12-5-3-11(16)4-6-12/h3-6,9H,7-8H2,1-2H3,(H,19,21)(H,17,18,20). The normalized spacial score (nSPS) is 10.3. The fourth-order valence-electron chi connectivity index (χ4n) is 1.76. The maximum absolute atomic E-state index is 12.3. The molecule has 0 saturated heterocycles. The lowest BCUT2D eigenvalue weighted by Crippen LogP contribution is -2.17. The Labute approximate surface area is 137 Å². The third-order valence-corrected chi connectivity index (χ3v) is 3.31. The number of hydrogen-bond acceptors (Lipinski definition) is 5. The largest absolute Gasteiger partial charge is 0.383 e. The number of anilines is 2. The van der Waals surface area contributed by atoms with Crippen LogP contribution in [-0.2, 0) is 4.74 Å². The van der Waals surface area contributed by atoms with E-state index in [0.29, 0.717) is 30.5 Å². The zero-order valence-electron chi connectivity index (χ0n) is 12.4. The molecule has 2 N–H and O–H groups in total. The summed E-state index contributed by atoms with van der Waals surface area (Å²) < 4.78 is 5.91. The second kappa shape index (κ2) is 7.86. The number of rotatable bonds is 6. The lowest BCUT2D eigenvalue weighted by molar-refractivity contribution is 0.102. The summed E-state index contributed by atoms with van der Waals surface area (Å²) in [5, 5.41) is 5.82. The molecule has 116 valence electrons. The summed E-state index contributed by atoms with van der Waals surface area (Å²) in [4.78, 5) is 20.7. The van der Waals surface area contributed by atoms with Crippen LogP contribution in [0.3, 0.4) is 0 Å². The minimum Gasteiger partial charge on any atom is -0.383 e. The van der Waals surface area contributed by atoms with Crippen LogP contribution in [-0.4, -0.2) is 36.1 Å². The summed E-state index contributed by atoms with van der Waals surface area (Å²) in [5.74, 6) is 0.139. The van der Waals surface area contributed by atoms with Gasteiger partial charge in [-0.2, -0.15) is 0 Å². The molecule has 2 rings (SSSR count). The number of benzene rings is 1. The van der Waals surface area contributed by atoms with Crippen molar-refractivity contribution >= 4 is 33.5 Å². The van der Waals surface area contributed by atoms with E-state index in [1.54, 1.807) is 13.2 Å². The quantitative estimate of drug-likeness (QED) is 0.770. The third-order valence-electron chi connectivity index (χ3n) is 2.78. The van der Waals surface area contributed by atoms with E-state index in [4.69, 9.17) is 4.74 Å². The zero-order chi connectivity index (χ0) is 15.9. The van der Waals surface area contributed by atoms with Crippen LogP contribution < -0.4 is 10.6 Å². The lowest BCUT2D eigenvalue weighted by atomic mass is 10.3. The van der Waals surface area contributed by atoms with Crippen LogP contribution in [0.5, 0.6) is 0 Å². The van der Waals surface area contributed by atoms with Gasteiger partial charge in [0.2, 0.25) is 5.95 Å². The number of nitrogens with one attached hydrogen (secondary N) is 2. The lowest BCUT2D eigenvalue weighted by Gasteiger charge is -2.08. The van der Waals surface area contributed by atoms with E-state index >= 15 is 0 Å². The number of halogens is 1. The van der Waals surface area contributed by atoms with Crippen molar-refractivity contribution in [1.82, 2.24) is 9.97 Å². The molecule has 22 heavy (non-hydrogen) atoms. The van der Waals surface area contributed by atoms with Gasteiger partial charge in [-0.05, 0) is 37.3 Å². The van der Waals surface area contributed by atoms with Gasteiger partial charge < -0.3 is 15.4 Å². The van der Waals surface area contributed by atoms with Crippen molar-refractivity contribution in [3.63, 3.8) is 0 Å². The van der Waals surface area contributed by atoms with Crippen molar-refractivity contribution in [3.05, 3.63) is 46.2 Å². The van der Waals surface area contributed by atoms with Crippen LogP contribution in [0.15, 0.2) is 34.8 Å². The van der Waals surface area contributed by atoms with E-state index in [0.717, 1.165) is 10.2 Å². The number of hydrogen-bond donors (Lipinski definition) is 2. The average Bonchev–Trinajstić information content (AvgIpc) is 2.49. The van der Waals surface area contributed by atoms with Crippen LogP contribution in [0.1, 0.15) is 16.2 Å². The van der Waals surface area contributed by atoms with Crippen molar-refractivity contribution in [1.29, 1.82) is 0 Å². The Kier molecular flexibility index (Phi) is 5.85. The fraction of sp³-hybridized carbons (Fsp3) is 0.267. The highest BCUT2D eigenvalue weighted by molar-refractivity contribution is 9.10. The predicted molar refractivity (Wildman–Crippen MR) is 89.2 cm³/mol. The molecule has 0 radical (unpaired) electrons. The number of amides is 1. The molecule has 7 heteroatoms. The van der Waals surface area contributed by atoms with Gasteiger partial charge >= 0.3 is 0 Å². The molecule has 0 saturated carbocycles. The number of carbonyl (C=O) groups excluding carboxylic acids is 1. The van der Waals surface area contributed by atoms with Gasteiger partial charge in [-0.1, -0.05) is 15.9 Å². The first-order chi connectivity index (χ1) is 10.6. The number of aromatic nitrogens is 2. The number of nitrogens with zero attached hydrogens (tertiary/aromatic N) is 2. The van der Waals surface area contributed by atoms with Crippen molar-refractivity contribution in [2.75, 3.05) is 30.9 Å². The predicted octanol–water partition coefficient (Wildman–Crippen LogP) is 2.86. The second-order valence-corrected chi connectivity index (χ2v) is 5.51. The van der Waals surface area contributed by atoms with Crippen molar-refractivity contribution < 1.29 is 9.53 Å². The Morgan fingerprint density at radius 1 is 1.27 bits per heavy atom. The van der Waals surface area contributed by atoms with Crippen LogP contribution in [0.2, 0.25) is 0 Å². The van der Waals surface area contributed by atoms with Crippen molar-refractivity contribution in [2.45, 2.75) is 6.92 Å². The van der Waals surface area contributed by atoms with E-state index in [2.05, 4.69) is 36.5 Å².